The van der Waals surface area contributed by atoms with E-state index in [9.17, 15) is 4.79 Å². The van der Waals surface area contributed by atoms with E-state index < -0.39 is 0 Å². The molecule has 0 fully saturated rings. The van der Waals surface area contributed by atoms with E-state index in [1.54, 1.807) is 6.07 Å². The molecule has 0 atom stereocenters. The quantitative estimate of drug-likeness (QED) is 0.768. The molecule has 0 amide bonds. The summed E-state index contributed by atoms with van der Waals surface area (Å²) in [7, 11) is 0. The molecule has 18 heavy (non-hydrogen) atoms. The zero-order chi connectivity index (χ0) is 12.8. The maximum absolute atomic E-state index is 11.6. The second-order valence-corrected chi connectivity index (χ2v) is 3.91. The third-order valence-electron chi connectivity index (χ3n) is 2.59. The van der Waals surface area contributed by atoms with Crippen molar-refractivity contribution in [2.45, 2.75) is 19.4 Å². The van der Waals surface area contributed by atoms with Crippen molar-refractivity contribution in [2.24, 2.45) is 0 Å². The molecule has 1 aromatic carbocycles. The molecular formula is C14H13N3O. The molecule has 0 bridgehead atoms. The first-order valence-corrected chi connectivity index (χ1v) is 5.82. The highest BCUT2D eigenvalue weighted by Gasteiger charge is 2.02. The van der Waals surface area contributed by atoms with Crippen LogP contribution in [0.2, 0.25) is 0 Å². The molecule has 4 heteroatoms. The van der Waals surface area contributed by atoms with Crippen LogP contribution in [-0.2, 0) is 6.54 Å². The summed E-state index contributed by atoms with van der Waals surface area (Å²) >= 11 is 0. The molecule has 2 aromatic rings. The molecule has 0 spiro atoms. The second-order valence-electron chi connectivity index (χ2n) is 3.91. The molecule has 0 unspecified atom stereocenters. The molecule has 4 nitrogen and oxygen atoms in total. The Hall–Kier alpha value is -2.41. The number of nitriles is 1. The van der Waals surface area contributed by atoms with Crippen molar-refractivity contribution in [2.75, 3.05) is 0 Å². The van der Waals surface area contributed by atoms with Crippen LogP contribution in [0.1, 0.15) is 12.8 Å². The van der Waals surface area contributed by atoms with Gasteiger partial charge >= 0.3 is 0 Å². The number of aromatic nitrogens is 2. The van der Waals surface area contributed by atoms with Crippen LogP contribution in [0.5, 0.6) is 0 Å². The van der Waals surface area contributed by atoms with Crippen LogP contribution < -0.4 is 5.56 Å². The molecule has 90 valence electrons. The minimum atomic E-state index is -0.132. The molecule has 0 saturated carbocycles. The summed E-state index contributed by atoms with van der Waals surface area (Å²) in [5.41, 5.74) is 1.62. The zero-order valence-electron chi connectivity index (χ0n) is 9.91. The topological polar surface area (TPSA) is 58.7 Å². The Balaban J connectivity index is 2.27. The molecule has 1 heterocycles. The van der Waals surface area contributed by atoms with Crippen LogP contribution in [0.15, 0.2) is 47.3 Å². The lowest BCUT2D eigenvalue weighted by Crippen LogP contribution is -2.22. The highest BCUT2D eigenvalue weighted by molar-refractivity contribution is 5.57. The van der Waals surface area contributed by atoms with Gasteiger partial charge < -0.3 is 0 Å². The van der Waals surface area contributed by atoms with Gasteiger partial charge in [-0.3, -0.25) is 4.79 Å². The number of benzene rings is 1. The van der Waals surface area contributed by atoms with E-state index in [2.05, 4.69) is 11.2 Å². The van der Waals surface area contributed by atoms with Crippen molar-refractivity contribution in [3.8, 4) is 17.3 Å². The highest BCUT2D eigenvalue weighted by Crippen LogP contribution is 2.13. The van der Waals surface area contributed by atoms with Gasteiger partial charge in [0.25, 0.3) is 5.56 Å². The molecule has 0 aliphatic carbocycles. The number of aryl methyl sites for hydroxylation is 1. The molecule has 0 N–H and O–H groups in total. The second kappa shape index (κ2) is 5.78. The van der Waals surface area contributed by atoms with Crippen LogP contribution in [0.4, 0.5) is 0 Å². The fourth-order valence-corrected chi connectivity index (χ4v) is 1.68. The zero-order valence-corrected chi connectivity index (χ0v) is 9.91. The maximum Gasteiger partial charge on any atom is 0.266 e. The lowest BCUT2D eigenvalue weighted by Gasteiger charge is -2.05. The first-order chi connectivity index (χ1) is 8.81. The number of hydrogen-bond acceptors (Lipinski definition) is 3. The van der Waals surface area contributed by atoms with Crippen molar-refractivity contribution >= 4 is 0 Å². The largest absolute Gasteiger partial charge is 0.268 e. The Morgan fingerprint density at radius 2 is 1.94 bits per heavy atom. The van der Waals surface area contributed by atoms with E-state index in [4.69, 9.17) is 5.26 Å². The summed E-state index contributed by atoms with van der Waals surface area (Å²) in [5.74, 6) is 0. The van der Waals surface area contributed by atoms with Crippen LogP contribution in [0, 0.1) is 11.3 Å². The summed E-state index contributed by atoms with van der Waals surface area (Å²) in [6.07, 6.45) is 1.07. The van der Waals surface area contributed by atoms with Crippen molar-refractivity contribution in [1.82, 2.24) is 9.78 Å². The summed E-state index contributed by atoms with van der Waals surface area (Å²) in [6.45, 7) is 0.479. The average Bonchev–Trinajstić information content (AvgIpc) is 2.42. The van der Waals surface area contributed by atoms with Gasteiger partial charge in [0.2, 0.25) is 0 Å². The number of unbranched alkanes of at least 4 members (excludes halogenated alkanes) is 1. The first-order valence-electron chi connectivity index (χ1n) is 5.82. The minimum Gasteiger partial charge on any atom is -0.268 e. The summed E-state index contributed by atoms with van der Waals surface area (Å²) in [5, 5.41) is 12.8. The van der Waals surface area contributed by atoms with Crippen molar-refractivity contribution < 1.29 is 0 Å². The fraction of sp³-hybridized carbons (Fsp3) is 0.214. The number of hydrogen-bond donors (Lipinski definition) is 0. The Morgan fingerprint density at radius 3 is 2.67 bits per heavy atom. The Morgan fingerprint density at radius 1 is 1.17 bits per heavy atom. The predicted octanol–water partition coefficient (Wildman–Crippen LogP) is 2.21. The summed E-state index contributed by atoms with van der Waals surface area (Å²) in [4.78, 5) is 11.6. The fourth-order valence-electron chi connectivity index (χ4n) is 1.68. The van der Waals surface area contributed by atoms with Crippen molar-refractivity contribution in [3.05, 3.63) is 52.8 Å². The number of rotatable bonds is 4. The monoisotopic (exact) mass is 239 g/mol. The van der Waals surface area contributed by atoms with Gasteiger partial charge in [-0.15, -0.1) is 0 Å². The Bertz CT molecular complexity index is 611. The Kier molecular flexibility index (Phi) is 3.87. The Labute approximate surface area is 105 Å². The third kappa shape index (κ3) is 2.83. The molecule has 0 aliphatic heterocycles. The van der Waals surface area contributed by atoms with Crippen LogP contribution in [0.25, 0.3) is 11.3 Å². The van der Waals surface area contributed by atoms with E-state index >= 15 is 0 Å². The van der Waals surface area contributed by atoms with E-state index in [1.165, 1.54) is 10.7 Å². The SMILES string of the molecule is N#CCCCn1nc(-c2ccccc2)ccc1=O. The van der Waals surface area contributed by atoms with E-state index in [0.29, 0.717) is 19.4 Å². The first kappa shape index (κ1) is 12.1. The normalized spacial score (nSPS) is 9.94. The van der Waals surface area contributed by atoms with Crippen molar-refractivity contribution in [1.29, 1.82) is 5.26 Å². The van der Waals surface area contributed by atoms with E-state index in [0.717, 1.165) is 11.3 Å². The highest BCUT2D eigenvalue weighted by atomic mass is 16.1. The van der Waals surface area contributed by atoms with Crippen LogP contribution >= 0.6 is 0 Å². The van der Waals surface area contributed by atoms with Gasteiger partial charge in [-0.25, -0.2) is 4.68 Å². The maximum atomic E-state index is 11.6. The molecule has 0 saturated heterocycles. The summed E-state index contributed by atoms with van der Waals surface area (Å²) in [6, 6.07) is 15.0. The minimum absolute atomic E-state index is 0.132. The van der Waals surface area contributed by atoms with Crippen molar-refractivity contribution in [3.63, 3.8) is 0 Å². The smallest absolute Gasteiger partial charge is 0.266 e. The third-order valence-corrected chi connectivity index (χ3v) is 2.59. The lowest BCUT2D eigenvalue weighted by molar-refractivity contribution is 0.556. The van der Waals surface area contributed by atoms with Gasteiger partial charge in [-0.1, -0.05) is 30.3 Å². The van der Waals surface area contributed by atoms with Gasteiger partial charge in [0.1, 0.15) is 0 Å². The van der Waals surface area contributed by atoms with Gasteiger partial charge in [-0.05, 0) is 12.5 Å². The molecule has 1 aromatic heterocycles. The van der Waals surface area contributed by atoms with Crippen LogP contribution in [-0.4, -0.2) is 9.78 Å². The molecule has 2 rings (SSSR count). The average molecular weight is 239 g/mol. The van der Waals surface area contributed by atoms with E-state index in [1.807, 2.05) is 30.3 Å². The number of nitrogens with zero attached hydrogens (tertiary/aromatic N) is 3. The van der Waals surface area contributed by atoms with Gasteiger partial charge in [-0.2, -0.15) is 10.4 Å². The van der Waals surface area contributed by atoms with Gasteiger partial charge in [0.15, 0.2) is 0 Å². The molecule has 0 radical (unpaired) electrons. The molecular weight excluding hydrogens is 226 g/mol. The van der Waals surface area contributed by atoms with Crippen LogP contribution in [0.3, 0.4) is 0 Å². The lowest BCUT2D eigenvalue weighted by atomic mass is 10.1. The van der Waals surface area contributed by atoms with E-state index in [-0.39, 0.29) is 5.56 Å². The van der Waals surface area contributed by atoms with Gasteiger partial charge in [0.05, 0.1) is 11.8 Å². The predicted molar refractivity (Wildman–Crippen MR) is 68.8 cm³/mol. The summed E-state index contributed by atoms with van der Waals surface area (Å²) < 4.78 is 1.42. The molecule has 0 aliphatic rings. The standard InChI is InChI=1S/C14H13N3O/c15-10-4-5-11-17-14(18)9-8-13(16-17)12-6-2-1-3-7-12/h1-3,6-9H,4-5,11H2. The van der Waals surface area contributed by atoms with Gasteiger partial charge in [0, 0.05) is 24.6 Å².